The average molecular weight is 258 g/mol. The van der Waals surface area contributed by atoms with Gasteiger partial charge >= 0.3 is 0 Å². The van der Waals surface area contributed by atoms with Crippen molar-refractivity contribution in [1.29, 1.82) is 0 Å². The minimum Gasteiger partial charge on any atom is -0.267 e. The highest BCUT2D eigenvalue weighted by molar-refractivity contribution is 14.1. The molecular weight excluding hydrogens is 244 g/mol. The summed E-state index contributed by atoms with van der Waals surface area (Å²) in [5.41, 5.74) is 0. The molecule has 0 aromatic carbocycles. The summed E-state index contributed by atoms with van der Waals surface area (Å²) in [5.74, 6) is 0.279. The fraction of sp³-hybridized carbons (Fsp3) is 1.00. The number of piperidine rings is 1. The van der Waals surface area contributed by atoms with E-state index in [-0.39, 0.29) is 5.92 Å². The number of nitrogens with zero attached hydrogens (tertiary/aromatic N) is 1. The minimum atomic E-state index is -0.587. The van der Waals surface area contributed by atoms with Crippen LogP contribution in [0, 0.1) is 5.92 Å². The summed E-state index contributed by atoms with van der Waals surface area (Å²) >= 11 is 2.31. The Kier molecular flexibility index (Phi) is 2.55. The fourth-order valence-corrected chi connectivity index (χ4v) is 1.94. The highest BCUT2D eigenvalue weighted by Gasteiger charge is 2.34. The Bertz CT molecular complexity index is 127. The molecule has 0 bridgehead atoms. The molecule has 0 N–H and O–H groups in total. The third-order valence-electron chi connectivity index (χ3n) is 2.22. The lowest BCUT2D eigenvalue weighted by molar-refractivity contribution is -0.743. The van der Waals surface area contributed by atoms with Crippen molar-refractivity contribution in [1.82, 2.24) is 0 Å². The van der Waals surface area contributed by atoms with E-state index >= 15 is 0 Å². The molecule has 3 atom stereocenters. The smallest absolute Gasteiger partial charge is 0.248 e. The van der Waals surface area contributed by atoms with Crippen molar-refractivity contribution in [3.8, 4) is 0 Å². The van der Waals surface area contributed by atoms with Crippen molar-refractivity contribution < 1.29 is 7.09 Å². The van der Waals surface area contributed by atoms with Gasteiger partial charge in [0.05, 0.1) is 13.6 Å². The molecule has 10 heavy (non-hydrogen) atoms. The lowest BCUT2D eigenvalue weighted by Gasteiger charge is -2.35. The molecular formula is C7H14FIN+. The fourth-order valence-electron chi connectivity index (χ4n) is 1.29. The van der Waals surface area contributed by atoms with Gasteiger partial charge in [0, 0.05) is 6.42 Å². The molecule has 0 aromatic heterocycles. The van der Waals surface area contributed by atoms with Crippen LogP contribution in [-0.2, 0) is 0 Å². The summed E-state index contributed by atoms with van der Waals surface area (Å²) in [6, 6.07) is 0. The Morgan fingerprint density at radius 3 is 2.60 bits per heavy atom. The van der Waals surface area contributed by atoms with E-state index < -0.39 is 6.17 Å². The zero-order valence-corrected chi connectivity index (χ0v) is 8.64. The van der Waals surface area contributed by atoms with Gasteiger partial charge in [0.2, 0.25) is 22.9 Å². The third kappa shape index (κ3) is 2.05. The first kappa shape index (κ1) is 8.71. The monoisotopic (exact) mass is 258 g/mol. The topological polar surface area (TPSA) is 0 Å². The van der Waals surface area contributed by atoms with Gasteiger partial charge < -0.3 is 0 Å². The molecule has 1 unspecified atom stereocenters. The van der Waals surface area contributed by atoms with Crippen LogP contribution in [0.1, 0.15) is 13.3 Å². The van der Waals surface area contributed by atoms with E-state index in [9.17, 15) is 4.39 Å². The van der Waals surface area contributed by atoms with Crippen LogP contribution in [0.3, 0.4) is 0 Å². The summed E-state index contributed by atoms with van der Waals surface area (Å²) in [7, 11) is 2.08. The van der Waals surface area contributed by atoms with Crippen LogP contribution in [-0.4, -0.2) is 29.0 Å². The summed E-state index contributed by atoms with van der Waals surface area (Å²) in [4.78, 5) is 0. The number of hydrogen-bond acceptors (Lipinski definition) is 0. The summed E-state index contributed by atoms with van der Waals surface area (Å²) in [6.07, 6.45) is 0.441. The molecule has 0 aliphatic carbocycles. The lowest BCUT2D eigenvalue weighted by atomic mass is 9.98. The molecule has 1 aliphatic rings. The first-order valence-corrected chi connectivity index (χ1v) is 4.66. The van der Waals surface area contributed by atoms with Gasteiger partial charge in [-0.15, -0.1) is 0 Å². The second kappa shape index (κ2) is 2.93. The molecule has 1 fully saturated rings. The van der Waals surface area contributed by atoms with Crippen molar-refractivity contribution in [2.75, 3.05) is 20.1 Å². The van der Waals surface area contributed by atoms with Gasteiger partial charge in [-0.05, 0) is 5.92 Å². The SMILES string of the molecule is C[C@@H]1CC[N+](C)(I)C[C@@H]1F. The van der Waals surface area contributed by atoms with Crippen molar-refractivity contribution in [3.05, 3.63) is 0 Å². The molecule has 0 radical (unpaired) electrons. The van der Waals surface area contributed by atoms with Crippen molar-refractivity contribution in [2.24, 2.45) is 5.92 Å². The third-order valence-corrected chi connectivity index (χ3v) is 3.10. The second-order valence-electron chi connectivity index (χ2n) is 3.45. The van der Waals surface area contributed by atoms with E-state index in [1.807, 2.05) is 6.92 Å². The van der Waals surface area contributed by atoms with E-state index in [2.05, 4.69) is 29.9 Å². The maximum atomic E-state index is 13.1. The highest BCUT2D eigenvalue weighted by atomic mass is 127. The lowest BCUT2D eigenvalue weighted by Crippen LogP contribution is -2.46. The largest absolute Gasteiger partial charge is 0.267 e. The molecule has 0 spiro atoms. The molecule has 0 amide bonds. The number of alkyl halides is 1. The van der Waals surface area contributed by atoms with Crippen LogP contribution in [0.25, 0.3) is 0 Å². The zero-order chi connectivity index (χ0) is 7.78. The second-order valence-corrected chi connectivity index (χ2v) is 5.78. The van der Waals surface area contributed by atoms with Gasteiger partial charge in [0.25, 0.3) is 0 Å². The Hall–Kier alpha value is 0.620. The maximum absolute atomic E-state index is 13.1. The highest BCUT2D eigenvalue weighted by Crippen LogP contribution is 2.27. The molecule has 1 rings (SSSR count). The van der Waals surface area contributed by atoms with E-state index in [1.165, 1.54) is 0 Å². The predicted molar refractivity (Wildman–Crippen MR) is 48.6 cm³/mol. The molecule has 3 heteroatoms. The van der Waals surface area contributed by atoms with Gasteiger partial charge in [-0.3, -0.25) is 2.70 Å². The number of likely N-dealkylation sites (tertiary alicyclic amines) is 1. The Morgan fingerprint density at radius 2 is 2.20 bits per heavy atom. The van der Waals surface area contributed by atoms with Gasteiger partial charge in [-0.2, -0.15) is 0 Å². The van der Waals surface area contributed by atoms with Crippen LogP contribution in [0.15, 0.2) is 0 Å². The maximum Gasteiger partial charge on any atom is 0.248 e. The number of halogens is 2. The van der Waals surface area contributed by atoms with Crippen LogP contribution >= 0.6 is 22.9 Å². The summed E-state index contributed by atoms with van der Waals surface area (Å²) < 4.78 is 13.9. The van der Waals surface area contributed by atoms with Crippen LogP contribution in [0.2, 0.25) is 0 Å². The first-order chi connectivity index (χ1) is 4.51. The quantitative estimate of drug-likeness (QED) is 0.461. The van der Waals surface area contributed by atoms with Gasteiger partial charge in [-0.1, -0.05) is 6.92 Å². The molecule has 0 saturated carbocycles. The molecule has 1 heterocycles. The van der Waals surface area contributed by atoms with Gasteiger partial charge in [-0.25, -0.2) is 4.39 Å². The number of quaternary nitrogens is 1. The molecule has 1 aliphatic heterocycles. The normalized spacial score (nSPS) is 49.2. The summed E-state index contributed by atoms with van der Waals surface area (Å²) in [6.45, 7) is 3.80. The number of rotatable bonds is 0. The Balaban J connectivity index is 2.49. The minimum absolute atomic E-state index is 0.279. The Morgan fingerprint density at radius 1 is 1.60 bits per heavy atom. The summed E-state index contributed by atoms with van der Waals surface area (Å²) in [5, 5.41) is 0. The van der Waals surface area contributed by atoms with Crippen LogP contribution in [0.5, 0.6) is 0 Å². The Labute approximate surface area is 75.7 Å². The van der Waals surface area contributed by atoms with E-state index in [1.54, 1.807) is 0 Å². The van der Waals surface area contributed by atoms with E-state index in [0.717, 1.165) is 15.7 Å². The molecule has 1 saturated heterocycles. The van der Waals surface area contributed by atoms with Crippen molar-refractivity contribution >= 4 is 22.9 Å². The standard InChI is InChI=1S/C7H14FIN/c1-6-3-4-10(2,9)5-7(6)8/h6-7H,3-5H2,1-2H3/q+1/t6-,7+,10?/m1/s1. The molecule has 0 aromatic rings. The van der Waals surface area contributed by atoms with Crippen molar-refractivity contribution in [2.45, 2.75) is 19.5 Å². The molecule has 1 nitrogen and oxygen atoms in total. The van der Waals surface area contributed by atoms with Crippen molar-refractivity contribution in [3.63, 3.8) is 0 Å². The van der Waals surface area contributed by atoms with E-state index in [4.69, 9.17) is 0 Å². The van der Waals surface area contributed by atoms with E-state index in [0.29, 0.717) is 6.54 Å². The van der Waals surface area contributed by atoms with Gasteiger partial charge in [0.1, 0.15) is 6.54 Å². The first-order valence-electron chi connectivity index (χ1n) is 3.69. The predicted octanol–water partition coefficient (Wildman–Crippen LogP) is 2.16. The van der Waals surface area contributed by atoms with Crippen LogP contribution < -0.4 is 0 Å². The van der Waals surface area contributed by atoms with Crippen LogP contribution in [0.4, 0.5) is 4.39 Å². The number of hydrogen-bond donors (Lipinski definition) is 0. The van der Waals surface area contributed by atoms with Gasteiger partial charge in [0.15, 0.2) is 6.17 Å². The average Bonchev–Trinajstić information content (AvgIpc) is 1.79. The zero-order valence-electron chi connectivity index (χ0n) is 6.48. The molecule has 60 valence electrons.